The Morgan fingerprint density at radius 3 is 2.65 bits per heavy atom. The van der Waals surface area contributed by atoms with Gasteiger partial charge in [0.2, 0.25) is 0 Å². The number of nitrogens with one attached hydrogen (secondary N) is 1. The van der Waals surface area contributed by atoms with Crippen LogP contribution in [0.4, 0.5) is 10.2 Å². The third-order valence-electron chi connectivity index (χ3n) is 3.39. The van der Waals surface area contributed by atoms with Crippen molar-refractivity contribution in [3.8, 4) is 0 Å². The summed E-state index contributed by atoms with van der Waals surface area (Å²) in [6, 6.07) is 7.58. The van der Waals surface area contributed by atoms with Gasteiger partial charge in [0.05, 0.1) is 5.70 Å². The van der Waals surface area contributed by atoms with E-state index in [1.807, 2.05) is 24.3 Å². The largest absolute Gasteiger partial charge is 0.397 e. The predicted molar refractivity (Wildman–Crippen MR) is 93.8 cm³/mol. The molecule has 0 aliphatic carbocycles. The maximum absolute atomic E-state index is 13.8. The number of halogens is 1. The van der Waals surface area contributed by atoms with Gasteiger partial charge in [0.1, 0.15) is 11.5 Å². The number of benzene rings is 1. The van der Waals surface area contributed by atoms with E-state index in [4.69, 9.17) is 11.6 Å². The van der Waals surface area contributed by atoms with Crippen molar-refractivity contribution >= 4 is 22.3 Å². The molecule has 1 aromatic heterocycles. The molecule has 0 fully saturated rings. The molecule has 6 heteroatoms. The average Bonchev–Trinajstić information content (AvgIpc) is 2.44. The van der Waals surface area contributed by atoms with Crippen LogP contribution in [0.25, 0.3) is 16.5 Å². The Hall–Kier alpha value is -2.60. The molecule has 23 heavy (non-hydrogen) atoms. The van der Waals surface area contributed by atoms with Gasteiger partial charge in [-0.2, -0.15) is 0 Å². The van der Waals surface area contributed by atoms with Crippen LogP contribution in [0.3, 0.4) is 0 Å². The van der Waals surface area contributed by atoms with Gasteiger partial charge < -0.3 is 16.1 Å². The fourth-order valence-corrected chi connectivity index (χ4v) is 1.99. The number of allylic oxidation sites excluding steroid dienone is 1. The lowest BCUT2D eigenvalue weighted by Gasteiger charge is -2.19. The fraction of sp³-hybridized carbons (Fsp3) is 0.235. The third-order valence-corrected chi connectivity index (χ3v) is 3.39. The minimum Gasteiger partial charge on any atom is -0.397 e. The number of alkyl halides is 1. The maximum atomic E-state index is 13.8. The minimum atomic E-state index is -1.53. The third kappa shape index (κ3) is 4.20. The summed E-state index contributed by atoms with van der Waals surface area (Å²) >= 11 is 0. The highest BCUT2D eigenvalue weighted by Gasteiger charge is 2.20. The predicted octanol–water partition coefficient (Wildman–Crippen LogP) is 2.97. The molecule has 0 bridgehead atoms. The van der Waals surface area contributed by atoms with Crippen molar-refractivity contribution in [2.24, 2.45) is 11.6 Å². The lowest BCUT2D eigenvalue weighted by atomic mass is 10.1. The second-order valence-electron chi connectivity index (χ2n) is 5.96. The molecule has 0 aliphatic heterocycles. The molecule has 0 unspecified atom stereocenters. The monoisotopic (exact) mass is 315 g/mol. The number of nitrogens with zero attached hydrogens (tertiary/aromatic N) is 2. The molecule has 122 valence electrons. The number of fused-ring (bicyclic) bond motifs is 1. The van der Waals surface area contributed by atoms with Gasteiger partial charge in [-0.25, -0.2) is 15.2 Å². The molecule has 0 saturated heterocycles. The highest BCUT2D eigenvalue weighted by Crippen LogP contribution is 2.24. The standard InChI is InChI=1S/C17H22FN5/c1-11(17(2,3)18)22-16-8-14-7-12(15(19)10-23(4)20)5-6-13(14)9-21-16/h5-10H,1,19-20H2,2-4H3,(H,21,22)/b15-10-. The van der Waals surface area contributed by atoms with E-state index in [0.717, 1.165) is 16.3 Å². The molecule has 1 aromatic carbocycles. The zero-order chi connectivity index (χ0) is 17.2. The highest BCUT2D eigenvalue weighted by atomic mass is 19.1. The van der Waals surface area contributed by atoms with Gasteiger partial charge >= 0.3 is 0 Å². The van der Waals surface area contributed by atoms with E-state index in [1.165, 1.54) is 18.9 Å². The number of pyridine rings is 1. The Bertz CT molecular complexity index is 759. The summed E-state index contributed by atoms with van der Waals surface area (Å²) in [7, 11) is 1.70. The van der Waals surface area contributed by atoms with E-state index in [1.54, 1.807) is 19.4 Å². The summed E-state index contributed by atoms with van der Waals surface area (Å²) < 4.78 is 13.8. The topological polar surface area (TPSA) is 80.2 Å². The van der Waals surface area contributed by atoms with Crippen LogP contribution in [0.1, 0.15) is 19.4 Å². The maximum Gasteiger partial charge on any atom is 0.144 e. The molecule has 2 aromatic rings. The van der Waals surface area contributed by atoms with Crippen molar-refractivity contribution in [3.05, 3.63) is 54.5 Å². The fourth-order valence-electron chi connectivity index (χ4n) is 1.99. The van der Waals surface area contributed by atoms with Crippen LogP contribution in [0.5, 0.6) is 0 Å². The van der Waals surface area contributed by atoms with Gasteiger partial charge in [-0.3, -0.25) is 0 Å². The summed E-state index contributed by atoms with van der Waals surface area (Å²) in [5.41, 5.74) is 6.13. The van der Waals surface area contributed by atoms with E-state index >= 15 is 0 Å². The molecule has 0 saturated carbocycles. The van der Waals surface area contributed by atoms with Gasteiger partial charge in [-0.05, 0) is 36.9 Å². The SMILES string of the molecule is C=C(Nc1cc2cc(/C(N)=C/N(C)N)ccc2cn1)C(C)(C)F. The smallest absolute Gasteiger partial charge is 0.144 e. The van der Waals surface area contributed by atoms with E-state index in [-0.39, 0.29) is 5.70 Å². The van der Waals surface area contributed by atoms with E-state index in [0.29, 0.717) is 11.5 Å². The van der Waals surface area contributed by atoms with Crippen LogP contribution in [0.2, 0.25) is 0 Å². The summed E-state index contributed by atoms with van der Waals surface area (Å²) in [5, 5.41) is 6.18. The van der Waals surface area contributed by atoms with Gasteiger partial charge in [0.15, 0.2) is 0 Å². The van der Waals surface area contributed by atoms with Crippen LogP contribution in [0, 0.1) is 0 Å². The number of aromatic nitrogens is 1. The van der Waals surface area contributed by atoms with Crippen LogP contribution < -0.4 is 16.9 Å². The summed E-state index contributed by atoms with van der Waals surface area (Å²) in [5.74, 6) is 6.11. The number of hydrogen-bond donors (Lipinski definition) is 3. The lowest BCUT2D eigenvalue weighted by Crippen LogP contribution is -2.21. The van der Waals surface area contributed by atoms with Crippen LogP contribution >= 0.6 is 0 Å². The summed E-state index contributed by atoms with van der Waals surface area (Å²) in [6.45, 7) is 6.59. The first kappa shape index (κ1) is 16.8. The van der Waals surface area contributed by atoms with Crippen molar-refractivity contribution in [2.75, 3.05) is 12.4 Å². The van der Waals surface area contributed by atoms with Crippen LogP contribution in [-0.2, 0) is 0 Å². The number of nitrogens with two attached hydrogens (primary N) is 2. The van der Waals surface area contributed by atoms with E-state index in [2.05, 4.69) is 16.9 Å². The van der Waals surface area contributed by atoms with Crippen molar-refractivity contribution in [3.63, 3.8) is 0 Å². The molecular weight excluding hydrogens is 293 g/mol. The van der Waals surface area contributed by atoms with Crippen molar-refractivity contribution in [2.45, 2.75) is 19.5 Å². The zero-order valence-electron chi connectivity index (χ0n) is 13.6. The second kappa shape index (κ2) is 6.26. The molecule has 0 amide bonds. The Morgan fingerprint density at radius 2 is 2.04 bits per heavy atom. The highest BCUT2D eigenvalue weighted by molar-refractivity contribution is 5.87. The molecule has 0 atom stereocenters. The Kier molecular flexibility index (Phi) is 4.56. The molecular formula is C17H22FN5. The molecule has 5 nitrogen and oxygen atoms in total. The number of hydrazine groups is 1. The lowest BCUT2D eigenvalue weighted by molar-refractivity contribution is 0.271. The van der Waals surface area contributed by atoms with Crippen molar-refractivity contribution < 1.29 is 4.39 Å². The minimum absolute atomic E-state index is 0.254. The molecule has 0 aliphatic rings. The first-order valence-corrected chi connectivity index (χ1v) is 7.17. The molecule has 0 radical (unpaired) electrons. The first-order chi connectivity index (χ1) is 10.7. The first-order valence-electron chi connectivity index (χ1n) is 7.17. The second-order valence-corrected chi connectivity index (χ2v) is 5.96. The number of anilines is 1. The van der Waals surface area contributed by atoms with Gasteiger partial charge in [0, 0.05) is 30.5 Å². The summed E-state index contributed by atoms with van der Waals surface area (Å²) in [6.07, 6.45) is 3.35. The normalized spacial score (nSPS) is 12.3. The Labute approximate surface area is 135 Å². The number of hydrogen-bond acceptors (Lipinski definition) is 5. The van der Waals surface area contributed by atoms with Crippen LogP contribution in [-0.4, -0.2) is 22.7 Å². The van der Waals surface area contributed by atoms with Crippen LogP contribution in [0.15, 0.2) is 48.9 Å². The average molecular weight is 315 g/mol. The molecule has 1 heterocycles. The Balaban J connectivity index is 2.36. The number of rotatable bonds is 5. The molecule has 5 N–H and O–H groups in total. The van der Waals surface area contributed by atoms with Crippen molar-refractivity contribution in [1.29, 1.82) is 0 Å². The van der Waals surface area contributed by atoms with Crippen molar-refractivity contribution in [1.82, 2.24) is 9.99 Å². The van der Waals surface area contributed by atoms with E-state index in [9.17, 15) is 4.39 Å². The Morgan fingerprint density at radius 1 is 1.35 bits per heavy atom. The van der Waals surface area contributed by atoms with Gasteiger partial charge in [-0.1, -0.05) is 18.7 Å². The van der Waals surface area contributed by atoms with Gasteiger partial charge in [-0.15, -0.1) is 0 Å². The van der Waals surface area contributed by atoms with E-state index < -0.39 is 5.67 Å². The molecule has 0 spiro atoms. The molecule has 2 rings (SSSR count). The van der Waals surface area contributed by atoms with Gasteiger partial charge in [0.25, 0.3) is 0 Å². The zero-order valence-corrected chi connectivity index (χ0v) is 13.6. The summed E-state index contributed by atoms with van der Waals surface area (Å²) in [4.78, 5) is 4.27. The quantitative estimate of drug-likeness (QED) is 0.584.